The van der Waals surface area contributed by atoms with Gasteiger partial charge in [-0.1, -0.05) is 65.7 Å². The number of allylic oxidation sites excluding steroid dienone is 3. The molecular formula is C99H154B4Br3Cl4LiMgN19O17S. The molecule has 0 bridgehead atoms. The van der Waals surface area contributed by atoms with Gasteiger partial charge in [-0.25, -0.2) is 23.4 Å². The number of para-hydroxylation sites is 3. The van der Waals surface area contributed by atoms with Gasteiger partial charge in [0.2, 0.25) is 0 Å². The summed E-state index contributed by atoms with van der Waals surface area (Å²) in [5.41, 5.74) is 23.1. The van der Waals surface area contributed by atoms with Crippen LogP contribution in [-0.2, 0) is 61.0 Å². The van der Waals surface area contributed by atoms with E-state index >= 15 is 0 Å². The number of rotatable bonds is 24. The van der Waals surface area contributed by atoms with E-state index in [1.54, 1.807) is 107 Å². The van der Waals surface area contributed by atoms with Crippen molar-refractivity contribution in [3.8, 4) is 39.5 Å². The van der Waals surface area contributed by atoms with Crippen LogP contribution in [0.5, 0.6) is 17.2 Å². The number of ether oxygens (including phenoxy) is 9. The van der Waals surface area contributed by atoms with Crippen molar-refractivity contribution in [2.45, 2.75) is 251 Å². The van der Waals surface area contributed by atoms with Crippen molar-refractivity contribution >= 4 is 182 Å². The number of carbonyl (C=O) groups is 1. The summed E-state index contributed by atoms with van der Waals surface area (Å²) in [6.07, 6.45) is 34.0. The minimum Gasteiger partial charge on any atom is -1.00 e. The Bertz CT molecular complexity index is 5080. The topological polar surface area (TPSA) is 407 Å². The second-order valence-corrected chi connectivity index (χ2v) is 38.1. The van der Waals surface area contributed by atoms with Gasteiger partial charge in [0.25, 0.3) is 5.91 Å². The molecule has 7 N–H and O–H groups in total. The number of thiol groups is 1. The van der Waals surface area contributed by atoms with E-state index in [0.29, 0.717) is 67.3 Å². The van der Waals surface area contributed by atoms with Crippen LogP contribution in [0.25, 0.3) is 22.3 Å². The minimum atomic E-state index is -0.514. The summed E-state index contributed by atoms with van der Waals surface area (Å²) in [6, 6.07) is 18.3. The normalized spacial score (nSPS) is 15.8. The van der Waals surface area contributed by atoms with Crippen LogP contribution in [-0.4, -0.2) is 258 Å². The van der Waals surface area contributed by atoms with Crippen LogP contribution in [0.3, 0.4) is 0 Å². The Morgan fingerprint density at radius 1 is 0.564 bits per heavy atom. The average Bonchev–Trinajstić information content (AvgIpc) is 1.62. The van der Waals surface area contributed by atoms with Gasteiger partial charge in [-0.15, -0.1) is 16.8 Å². The van der Waals surface area contributed by atoms with Gasteiger partial charge in [-0.05, 0) is 262 Å². The molecule has 9 aromatic rings. The molecule has 6 aliphatic rings. The minimum absolute atomic E-state index is 0. The monoisotopic (exact) mass is 2360 g/mol. The zero-order valence-corrected chi connectivity index (χ0v) is 103. The zero-order valence-electron chi connectivity index (χ0n) is 92.5. The number of benzene rings is 3. The quantitative estimate of drug-likeness (QED) is 0.0123. The summed E-state index contributed by atoms with van der Waals surface area (Å²) in [5.74, 6) is 1.66. The molecule has 6 aromatic heterocycles. The molecule has 1 amide bonds. The third-order valence-electron chi connectivity index (χ3n) is 21.8. The number of aliphatic imine (C=N–C) groups is 2. The summed E-state index contributed by atoms with van der Waals surface area (Å²) >= 11 is 24.2. The zero-order chi connectivity index (χ0) is 109. The van der Waals surface area contributed by atoms with Gasteiger partial charge in [0.1, 0.15) is 42.6 Å². The molecule has 5 unspecified atom stereocenters. The first-order valence-electron chi connectivity index (χ1n) is 47.4. The molecule has 15 rings (SSSR count). The first kappa shape index (κ1) is 147. The molecule has 12 heterocycles. The van der Waals surface area contributed by atoms with Crippen LogP contribution in [0.4, 0.5) is 17.1 Å². The molecule has 0 spiro atoms. The van der Waals surface area contributed by atoms with E-state index in [2.05, 4.69) is 130 Å². The molecule has 1 radical (unpaired) electrons. The van der Waals surface area contributed by atoms with Crippen LogP contribution >= 0.6 is 83.8 Å². The van der Waals surface area contributed by atoms with Crippen LogP contribution in [0.2, 0.25) is 10.2 Å². The Kier molecular flexibility index (Phi) is 75.7. The van der Waals surface area contributed by atoms with Crippen molar-refractivity contribution in [3.63, 3.8) is 0 Å². The van der Waals surface area contributed by atoms with Crippen LogP contribution in [0, 0.1) is 6.42 Å². The summed E-state index contributed by atoms with van der Waals surface area (Å²) < 4.78 is 102. The third kappa shape index (κ3) is 50.9. The predicted molar refractivity (Wildman–Crippen MR) is 606 cm³/mol. The summed E-state index contributed by atoms with van der Waals surface area (Å²) in [4.78, 5) is 18.8. The van der Waals surface area contributed by atoms with Crippen molar-refractivity contribution in [3.05, 3.63) is 189 Å². The first-order chi connectivity index (χ1) is 68.5. The number of nitrogens with two attached hydrogens (primary N) is 3. The molecule has 6 aliphatic heterocycles. The van der Waals surface area contributed by atoms with E-state index in [-0.39, 0.29) is 167 Å². The molecule has 50 heteroatoms. The number of nitrogens with one attached hydrogen (secondary N) is 1. The van der Waals surface area contributed by atoms with Crippen molar-refractivity contribution in [1.29, 1.82) is 0 Å². The molecule has 0 aliphatic carbocycles. The van der Waals surface area contributed by atoms with Gasteiger partial charge in [0.15, 0.2) is 16.6 Å². The maximum Gasteiger partial charge on any atom is 2.00 e. The molecular weight excluding hydrogens is 2220 g/mol. The summed E-state index contributed by atoms with van der Waals surface area (Å²) in [7, 11) is 11.0. The first-order valence-corrected chi connectivity index (χ1v) is 50.9. The number of amides is 1. The van der Waals surface area contributed by atoms with Gasteiger partial charge in [0, 0.05) is 154 Å². The fraction of sp³-hybridized carbons (Fsp3) is 0.525. The number of carbonyl (C=O) groups excluding carboxylic acids is 1. The summed E-state index contributed by atoms with van der Waals surface area (Å²) in [5, 5.41) is 31.0. The Balaban J connectivity index is -0.00000159. The van der Waals surface area contributed by atoms with E-state index in [4.69, 9.17) is 116 Å². The largest absolute Gasteiger partial charge is 2.00 e. The van der Waals surface area contributed by atoms with E-state index in [1.807, 2.05) is 277 Å². The number of anilines is 3. The van der Waals surface area contributed by atoms with Gasteiger partial charge in [-0.2, -0.15) is 39.3 Å². The standard InChI is InChI=1S/2C14H19N3O2.2C13H23BN2O3.C7H15BO3.C7H11BrN2O.C7H8BrNO.C6H5Cl2N3O.C4H4BrN.C4H5N.C4H8O.C3H7.C3H6.BHNS.2ClH.Li.Mg/c2*1-4-19-10(2)17-9-11(8-16-17)12-6-5-7-13(15)14(12)18-3;2*1-7-17-10(2)16-9-11(8-15-16)14-18-12(3,4)13(5,6)19-14;1-6(2)7(3,4)11-8(9-5)10-6;1-3-11-6(2)10-5-7(8)4-9-10;1-10-7-5(8)3-2-4-6(7)9;1-9-6(12)5-3(7)2-4(8)10-11-5;5-4-1-2-6-3-4;2*1-2-4-5-3-1;2*1-3-2;1-2-3;;;;/h2*5-10H,4,15H2,1-3H3;2*8-10H,7H2,1-6H3;1-5H3;4-6H,3H2,1-2H3;2-4H,9H2,1H3;2H,1H3,(H,9,12);1,3H,2H2;1-3H,4H2;1-4H2;3H,1-2H3;3H,1H2,2H3;3H;2*1H;;/q;;;;;;;;;;;-1;;;;;+1;+2/p-2. The Morgan fingerprint density at radius 2 is 0.906 bits per heavy atom. The van der Waals surface area contributed by atoms with Gasteiger partial charge in [0.05, 0.1) is 118 Å². The number of aromatic nitrogens is 12. The molecule has 3 aromatic carbocycles. The predicted octanol–water partition coefficient (Wildman–Crippen LogP) is 11.5. The van der Waals surface area contributed by atoms with Crippen LogP contribution in [0.15, 0.2) is 181 Å². The molecule has 0 saturated carbocycles. The number of nitrogen functional groups attached to an aromatic ring is 3. The van der Waals surface area contributed by atoms with Gasteiger partial charge in [-0.3, -0.25) is 14.8 Å². The second-order valence-electron chi connectivity index (χ2n) is 34.4. The van der Waals surface area contributed by atoms with E-state index in [0.717, 1.165) is 72.9 Å². The fourth-order valence-electron chi connectivity index (χ4n) is 12.2. The molecule has 4 fully saturated rings. The maximum atomic E-state index is 11.0. The fourth-order valence-corrected chi connectivity index (χ4v) is 13.7. The van der Waals surface area contributed by atoms with Crippen LogP contribution in [0.1, 0.15) is 228 Å². The smallest absolute Gasteiger partial charge is 1.00 e. The van der Waals surface area contributed by atoms with Crippen molar-refractivity contribution in [2.75, 3.05) is 112 Å². The Labute approximate surface area is 967 Å². The number of hydrogen-bond donors (Lipinski definition) is 5. The number of methoxy groups -OCH3 is 3. The number of hydrogen-bond acceptors (Lipinski definition) is 31. The van der Waals surface area contributed by atoms with Crippen molar-refractivity contribution in [2.24, 2.45) is 14.3 Å². The number of halogens is 7. The van der Waals surface area contributed by atoms with E-state index < -0.39 is 7.32 Å². The Hall–Kier alpha value is -6.53. The SMILES string of the molecule is BrC1=CCN=C1.C1=CCN=C1.C1CCOC1.C=CC.CCOC(C)n1cc(-c2cccc(N)c2OC)cn1.CCOC(C)n1cc(-c2cccc(N)c2OC)cn1.CCOC(C)n1cc(B2OC(C)(C)C(C)(C)O2)cn1.CCOC(C)n1cc(B2OC(C)(C)C(C)(C)O2)cn1.CCOC(C)n1cc(Br)cn1.CNC(=O)c1nnc(Cl)cc1Cl.COB1OC(C)(C)C(C)(C)O1.COc1c(N)cccc1Br.C[CH-]C.[B]=NS.[Cl-].[Cl-].[Li+].[Mg+2]. The summed E-state index contributed by atoms with van der Waals surface area (Å²) in [6.45, 7) is 60.2. The Morgan fingerprint density at radius 3 is 1.16 bits per heavy atom. The second kappa shape index (κ2) is 76.9. The van der Waals surface area contributed by atoms with Crippen molar-refractivity contribution < 1.29 is 124 Å². The molecule has 36 nitrogen and oxygen atoms in total. The van der Waals surface area contributed by atoms with Crippen molar-refractivity contribution in [1.82, 2.24) is 64.4 Å². The number of nitrogens with zero attached hydrogens (tertiary/aromatic N) is 15. The average molecular weight is 2370 g/mol. The van der Waals surface area contributed by atoms with E-state index in [9.17, 15) is 4.79 Å². The van der Waals surface area contributed by atoms with Gasteiger partial charge >= 0.3 is 88.2 Å². The van der Waals surface area contributed by atoms with Gasteiger partial charge < -0.3 is 129 Å². The van der Waals surface area contributed by atoms with Crippen LogP contribution < -0.4 is 91.3 Å². The molecule has 5 atom stereocenters. The molecule has 817 valence electrons. The van der Waals surface area contributed by atoms with E-state index in [1.165, 1.54) is 26.0 Å². The molecule has 4 saturated heterocycles. The third-order valence-corrected chi connectivity index (χ3v) is 23.9. The maximum absolute atomic E-state index is 11.0. The molecule has 149 heavy (non-hydrogen) atoms.